The van der Waals surface area contributed by atoms with Gasteiger partial charge in [-0.25, -0.2) is 4.79 Å². The number of nitrogens with one attached hydrogen (secondary N) is 2. The lowest BCUT2D eigenvalue weighted by molar-refractivity contribution is 0.198. The topological polar surface area (TPSA) is 74.2 Å². The molecule has 1 atom stereocenters. The number of aliphatic hydroxyl groups is 1. The van der Waals surface area contributed by atoms with Crippen LogP contribution in [0.15, 0.2) is 30.5 Å². The molecule has 22 heavy (non-hydrogen) atoms. The summed E-state index contributed by atoms with van der Waals surface area (Å²) in [5.41, 5.74) is 3.09. The molecule has 2 rings (SSSR count). The summed E-state index contributed by atoms with van der Waals surface area (Å²) in [5, 5.41) is 16.0. The number of carbonyl (C=O) groups is 1. The Morgan fingerprint density at radius 1 is 1.32 bits per heavy atom. The average Bonchev–Trinajstić information content (AvgIpc) is 2.51. The fraction of sp³-hybridized carbons (Fsp3) is 0.412. The van der Waals surface area contributed by atoms with Gasteiger partial charge in [-0.3, -0.25) is 4.98 Å². The number of aromatic nitrogens is 1. The minimum absolute atomic E-state index is 0.0672. The molecule has 5 nitrogen and oxygen atoms in total. The van der Waals surface area contributed by atoms with Crippen molar-refractivity contribution in [1.82, 2.24) is 15.6 Å². The quantitative estimate of drug-likeness (QED) is 0.793. The van der Waals surface area contributed by atoms with Gasteiger partial charge in [-0.15, -0.1) is 0 Å². The number of carbonyl (C=O) groups excluding carboxylic acids is 1. The normalized spacial score (nSPS) is 12.4. The molecule has 0 aliphatic heterocycles. The fourth-order valence-electron chi connectivity index (χ4n) is 2.37. The summed E-state index contributed by atoms with van der Waals surface area (Å²) in [6.07, 6.45) is 1.76. The van der Waals surface area contributed by atoms with Crippen molar-refractivity contribution in [2.45, 2.75) is 33.4 Å². The zero-order valence-electron chi connectivity index (χ0n) is 13.3. The molecule has 2 aromatic rings. The molecule has 0 saturated carbocycles. The van der Waals surface area contributed by atoms with E-state index in [1.807, 2.05) is 45.0 Å². The Bertz CT molecular complexity index is 655. The number of aryl methyl sites for hydroxylation is 1. The average molecular weight is 301 g/mol. The van der Waals surface area contributed by atoms with E-state index in [4.69, 9.17) is 0 Å². The molecule has 118 valence electrons. The maximum absolute atomic E-state index is 12.0. The predicted molar refractivity (Wildman–Crippen MR) is 87.6 cm³/mol. The van der Waals surface area contributed by atoms with Gasteiger partial charge in [0.05, 0.1) is 18.2 Å². The van der Waals surface area contributed by atoms with Crippen LogP contribution in [-0.4, -0.2) is 28.8 Å². The van der Waals surface area contributed by atoms with E-state index in [1.165, 1.54) is 0 Å². The highest BCUT2D eigenvalue weighted by Gasteiger charge is 2.15. The first-order valence-electron chi connectivity index (χ1n) is 7.51. The van der Waals surface area contributed by atoms with Crippen molar-refractivity contribution >= 4 is 16.9 Å². The van der Waals surface area contributed by atoms with Crippen molar-refractivity contribution in [2.24, 2.45) is 5.92 Å². The maximum atomic E-state index is 12.0. The van der Waals surface area contributed by atoms with Crippen LogP contribution in [0, 0.1) is 12.8 Å². The lowest BCUT2D eigenvalue weighted by Crippen LogP contribution is -2.46. The SMILES string of the molecule is Cc1ccc2ncccc2c1CNC(=O)N[C@@H](CO)C(C)C. The van der Waals surface area contributed by atoms with Crippen LogP contribution >= 0.6 is 0 Å². The molecule has 0 radical (unpaired) electrons. The van der Waals surface area contributed by atoms with E-state index in [0.717, 1.165) is 22.0 Å². The Labute approximate surface area is 130 Å². The van der Waals surface area contributed by atoms with Crippen LogP contribution in [0.2, 0.25) is 0 Å². The van der Waals surface area contributed by atoms with Gasteiger partial charge in [0.25, 0.3) is 0 Å². The van der Waals surface area contributed by atoms with Gasteiger partial charge in [0.2, 0.25) is 0 Å². The molecular weight excluding hydrogens is 278 g/mol. The standard InChI is InChI=1S/C17H23N3O2/c1-11(2)16(10-21)20-17(22)19-9-14-12(3)6-7-15-13(14)5-4-8-18-15/h4-8,11,16,21H,9-10H2,1-3H3,(H2,19,20,22)/t16-/m0/s1. The molecule has 0 unspecified atom stereocenters. The number of benzene rings is 1. The molecule has 0 fully saturated rings. The van der Waals surface area contributed by atoms with E-state index in [9.17, 15) is 9.90 Å². The van der Waals surface area contributed by atoms with E-state index in [-0.39, 0.29) is 24.6 Å². The van der Waals surface area contributed by atoms with E-state index >= 15 is 0 Å². The first-order valence-corrected chi connectivity index (χ1v) is 7.51. The molecule has 2 amide bonds. The summed E-state index contributed by atoms with van der Waals surface area (Å²) < 4.78 is 0. The Hall–Kier alpha value is -2.14. The Morgan fingerprint density at radius 3 is 2.77 bits per heavy atom. The van der Waals surface area contributed by atoms with Gasteiger partial charge in [-0.05, 0) is 36.1 Å². The Kier molecular flexibility index (Phi) is 5.33. The summed E-state index contributed by atoms with van der Waals surface area (Å²) in [7, 11) is 0. The number of aliphatic hydroxyl groups excluding tert-OH is 1. The molecule has 5 heteroatoms. The van der Waals surface area contributed by atoms with Gasteiger partial charge in [0.1, 0.15) is 0 Å². The van der Waals surface area contributed by atoms with Gasteiger partial charge >= 0.3 is 6.03 Å². The number of amides is 2. The van der Waals surface area contributed by atoms with Crippen LogP contribution < -0.4 is 10.6 Å². The minimum atomic E-state index is -0.270. The van der Waals surface area contributed by atoms with Crippen LogP contribution in [0.4, 0.5) is 4.79 Å². The number of nitrogens with zero attached hydrogens (tertiary/aromatic N) is 1. The van der Waals surface area contributed by atoms with E-state index in [0.29, 0.717) is 6.54 Å². The maximum Gasteiger partial charge on any atom is 0.315 e. The third kappa shape index (κ3) is 3.74. The second-order valence-electron chi connectivity index (χ2n) is 5.79. The second kappa shape index (κ2) is 7.22. The summed E-state index contributed by atoms with van der Waals surface area (Å²) in [5.74, 6) is 0.180. The van der Waals surface area contributed by atoms with Crippen molar-refractivity contribution in [2.75, 3.05) is 6.61 Å². The zero-order valence-corrected chi connectivity index (χ0v) is 13.3. The van der Waals surface area contributed by atoms with Crippen molar-refractivity contribution in [3.05, 3.63) is 41.6 Å². The highest BCUT2D eigenvalue weighted by Crippen LogP contribution is 2.20. The molecule has 1 heterocycles. The van der Waals surface area contributed by atoms with Crippen molar-refractivity contribution in [3.8, 4) is 0 Å². The lowest BCUT2D eigenvalue weighted by Gasteiger charge is -2.20. The fourth-order valence-corrected chi connectivity index (χ4v) is 2.37. The zero-order chi connectivity index (χ0) is 16.1. The van der Waals surface area contributed by atoms with Gasteiger partial charge in [-0.1, -0.05) is 26.0 Å². The first-order chi connectivity index (χ1) is 10.5. The largest absolute Gasteiger partial charge is 0.394 e. The molecule has 0 saturated heterocycles. The number of hydrogen-bond donors (Lipinski definition) is 3. The second-order valence-corrected chi connectivity index (χ2v) is 5.79. The summed E-state index contributed by atoms with van der Waals surface area (Å²) in [6.45, 7) is 6.30. The highest BCUT2D eigenvalue weighted by molar-refractivity contribution is 5.84. The minimum Gasteiger partial charge on any atom is -0.394 e. The highest BCUT2D eigenvalue weighted by atomic mass is 16.3. The molecule has 1 aromatic heterocycles. The predicted octanol–water partition coefficient (Wildman–Crippen LogP) is 2.36. The van der Waals surface area contributed by atoms with Gasteiger partial charge in [0, 0.05) is 18.1 Å². The molecule has 0 bridgehead atoms. The van der Waals surface area contributed by atoms with Crippen molar-refractivity contribution < 1.29 is 9.90 Å². The number of fused-ring (bicyclic) bond motifs is 1. The lowest BCUT2D eigenvalue weighted by atomic mass is 10.0. The number of hydrogen-bond acceptors (Lipinski definition) is 3. The Morgan fingerprint density at radius 2 is 2.09 bits per heavy atom. The van der Waals surface area contributed by atoms with Gasteiger partial charge < -0.3 is 15.7 Å². The number of pyridine rings is 1. The molecule has 0 aliphatic carbocycles. The first kappa shape index (κ1) is 16.2. The van der Waals surface area contributed by atoms with Gasteiger partial charge in [0.15, 0.2) is 0 Å². The van der Waals surface area contributed by atoms with Crippen molar-refractivity contribution in [1.29, 1.82) is 0 Å². The number of rotatable bonds is 5. The van der Waals surface area contributed by atoms with Gasteiger partial charge in [-0.2, -0.15) is 0 Å². The molecule has 0 spiro atoms. The monoisotopic (exact) mass is 301 g/mol. The Balaban J connectivity index is 2.08. The summed E-state index contributed by atoms with van der Waals surface area (Å²) in [6, 6.07) is 7.38. The van der Waals surface area contributed by atoms with Crippen LogP contribution in [-0.2, 0) is 6.54 Å². The van der Waals surface area contributed by atoms with E-state index in [1.54, 1.807) is 6.20 Å². The van der Waals surface area contributed by atoms with Crippen LogP contribution in [0.5, 0.6) is 0 Å². The molecular formula is C17H23N3O2. The third-order valence-corrected chi connectivity index (χ3v) is 3.87. The molecule has 3 N–H and O–H groups in total. The smallest absolute Gasteiger partial charge is 0.315 e. The third-order valence-electron chi connectivity index (χ3n) is 3.87. The number of urea groups is 1. The van der Waals surface area contributed by atoms with Crippen molar-refractivity contribution in [3.63, 3.8) is 0 Å². The van der Waals surface area contributed by atoms with E-state index in [2.05, 4.69) is 15.6 Å². The molecule has 1 aromatic carbocycles. The van der Waals surface area contributed by atoms with Crippen LogP contribution in [0.25, 0.3) is 10.9 Å². The summed E-state index contributed by atoms with van der Waals surface area (Å²) in [4.78, 5) is 16.3. The molecule has 0 aliphatic rings. The van der Waals surface area contributed by atoms with Crippen LogP contribution in [0.3, 0.4) is 0 Å². The van der Waals surface area contributed by atoms with Crippen LogP contribution in [0.1, 0.15) is 25.0 Å². The van der Waals surface area contributed by atoms with E-state index < -0.39 is 0 Å². The summed E-state index contributed by atoms with van der Waals surface area (Å²) >= 11 is 0.